The number of carbonyl (C=O) groups is 1. The highest BCUT2D eigenvalue weighted by Crippen LogP contribution is 2.20. The largest absolute Gasteiger partial charge is 0.710 e. The van der Waals surface area contributed by atoms with Gasteiger partial charge < -0.3 is 15.1 Å². The maximum Gasteiger partial charge on any atom is 0.333 e. The van der Waals surface area contributed by atoms with E-state index in [-0.39, 0.29) is 24.5 Å². The van der Waals surface area contributed by atoms with Gasteiger partial charge in [-0.15, -0.1) is 0 Å². The van der Waals surface area contributed by atoms with Crippen molar-refractivity contribution in [2.75, 3.05) is 6.61 Å². The van der Waals surface area contributed by atoms with Crippen LogP contribution in [0.1, 0.15) is 17.7 Å². The third-order valence-electron chi connectivity index (χ3n) is 4.10. The molecule has 0 saturated heterocycles. The molecule has 30 heavy (non-hydrogen) atoms. The van der Waals surface area contributed by atoms with Gasteiger partial charge in [0.1, 0.15) is 17.6 Å². The summed E-state index contributed by atoms with van der Waals surface area (Å²) in [4.78, 5) is 25.0. The quantitative estimate of drug-likeness (QED) is 0.262. The lowest BCUT2D eigenvalue weighted by atomic mass is 10.1. The van der Waals surface area contributed by atoms with Crippen molar-refractivity contribution in [1.29, 1.82) is 0 Å². The van der Waals surface area contributed by atoms with E-state index >= 15 is 0 Å². The number of nitro benzene ring substituents is 1. The van der Waals surface area contributed by atoms with Crippen LogP contribution in [0.25, 0.3) is 23.5 Å². The first-order valence-corrected chi connectivity index (χ1v) is 8.90. The lowest BCUT2D eigenvalue weighted by Crippen LogP contribution is -2.33. The number of hydrogen-bond acceptors (Lipinski definition) is 6. The lowest BCUT2D eigenvalue weighted by Gasteiger charge is -2.09. The van der Waals surface area contributed by atoms with E-state index in [0.29, 0.717) is 21.7 Å². The van der Waals surface area contributed by atoms with Gasteiger partial charge in [0.25, 0.3) is 5.69 Å². The predicted octanol–water partition coefficient (Wildman–Crippen LogP) is 3.31. The third-order valence-corrected chi connectivity index (χ3v) is 4.10. The van der Waals surface area contributed by atoms with Crippen molar-refractivity contribution in [3.63, 3.8) is 0 Å². The maximum absolute atomic E-state index is 12.7. The molecule has 0 atom stereocenters. The van der Waals surface area contributed by atoms with Gasteiger partial charge in [0.2, 0.25) is 0 Å². The van der Waals surface area contributed by atoms with Crippen LogP contribution in [-0.4, -0.2) is 27.6 Å². The number of non-ortho nitro benzene ring substituents is 1. The molecule has 0 fully saturated rings. The van der Waals surface area contributed by atoms with E-state index in [1.165, 1.54) is 30.5 Å². The molecule has 0 amide bonds. The second-order valence-corrected chi connectivity index (χ2v) is 6.19. The molecule has 0 saturated carbocycles. The summed E-state index contributed by atoms with van der Waals surface area (Å²) in [6.07, 6.45) is 4.71. The van der Waals surface area contributed by atoms with Crippen LogP contribution in [-0.2, 0) is 4.79 Å². The Balaban J connectivity index is 1.77. The molecule has 3 rings (SSSR count). The molecule has 3 aromatic rings. The van der Waals surface area contributed by atoms with E-state index in [2.05, 4.69) is 4.98 Å². The molecule has 0 aliphatic rings. The highest BCUT2D eigenvalue weighted by Gasteiger charge is 2.16. The molecule has 1 heterocycles. The number of carboxylic acids is 1. The van der Waals surface area contributed by atoms with Crippen LogP contribution in [0.4, 0.5) is 5.69 Å². The van der Waals surface area contributed by atoms with Crippen LogP contribution in [0.15, 0.2) is 60.8 Å². The SMILES string of the molecule is O=C(O)CCOc1ccc(/C=C/c2ccnc(-c3cccc([N+](=O)[O-])c3)[n+]2[O-])cc1. The first-order chi connectivity index (χ1) is 14.4. The van der Waals surface area contributed by atoms with Crippen molar-refractivity contribution in [3.8, 4) is 17.1 Å². The van der Waals surface area contributed by atoms with Gasteiger partial charge in [-0.25, -0.2) is 4.73 Å². The summed E-state index contributed by atoms with van der Waals surface area (Å²) in [6.45, 7) is 0.0815. The molecule has 1 N–H and O–H groups in total. The van der Waals surface area contributed by atoms with E-state index in [1.807, 2.05) is 0 Å². The van der Waals surface area contributed by atoms with E-state index in [0.717, 1.165) is 5.56 Å². The van der Waals surface area contributed by atoms with E-state index in [9.17, 15) is 20.1 Å². The normalized spacial score (nSPS) is 10.8. The highest BCUT2D eigenvalue weighted by atomic mass is 16.6. The van der Waals surface area contributed by atoms with Crippen LogP contribution in [0, 0.1) is 15.3 Å². The Morgan fingerprint density at radius 3 is 2.63 bits per heavy atom. The zero-order valence-electron chi connectivity index (χ0n) is 15.7. The van der Waals surface area contributed by atoms with Crippen LogP contribution in [0.3, 0.4) is 0 Å². The Morgan fingerprint density at radius 2 is 1.93 bits per heavy atom. The zero-order valence-corrected chi connectivity index (χ0v) is 15.7. The first kappa shape index (κ1) is 20.5. The number of aromatic nitrogens is 2. The second kappa shape index (κ2) is 9.28. The average Bonchev–Trinajstić information content (AvgIpc) is 2.74. The fraction of sp³-hybridized carbons (Fsp3) is 0.0952. The standard InChI is InChI=1S/C21H17N3O6/c25-20(26)11-13-30-19-8-5-15(6-9-19)4-7-17-10-12-22-21(23(17)27)16-2-1-3-18(14-16)24(28)29/h1-10,12,14H,11,13H2,(H,25,26)/b7-4+. The number of nitro groups is 1. The smallest absolute Gasteiger partial charge is 0.333 e. The summed E-state index contributed by atoms with van der Waals surface area (Å²) < 4.78 is 5.94. The lowest BCUT2D eigenvalue weighted by molar-refractivity contribution is -0.598. The number of ether oxygens (including phenoxy) is 1. The first-order valence-electron chi connectivity index (χ1n) is 8.90. The van der Waals surface area contributed by atoms with Crippen LogP contribution in [0.2, 0.25) is 0 Å². The molecule has 0 spiro atoms. The predicted molar refractivity (Wildman–Crippen MR) is 108 cm³/mol. The number of rotatable bonds is 8. The minimum absolute atomic E-state index is 0.0584. The summed E-state index contributed by atoms with van der Waals surface area (Å²) in [6, 6.07) is 14.2. The number of aliphatic carboxylic acids is 1. The minimum atomic E-state index is -0.928. The van der Waals surface area contributed by atoms with Crippen LogP contribution < -0.4 is 9.47 Å². The summed E-state index contributed by atoms with van der Waals surface area (Å²) in [5.74, 6) is -0.325. The van der Waals surface area contributed by atoms with Crippen molar-refractivity contribution in [1.82, 2.24) is 4.98 Å². The number of hydrogen-bond donors (Lipinski definition) is 1. The van der Waals surface area contributed by atoms with E-state index in [1.54, 1.807) is 42.5 Å². The molecule has 0 unspecified atom stereocenters. The molecule has 1 aromatic heterocycles. The van der Waals surface area contributed by atoms with Crippen molar-refractivity contribution in [2.45, 2.75) is 6.42 Å². The zero-order chi connectivity index (χ0) is 21.5. The Kier molecular flexibility index (Phi) is 6.33. The van der Waals surface area contributed by atoms with Gasteiger partial charge in [-0.1, -0.05) is 24.3 Å². The fourth-order valence-electron chi connectivity index (χ4n) is 2.61. The van der Waals surface area contributed by atoms with Crippen molar-refractivity contribution >= 4 is 23.8 Å². The fourth-order valence-corrected chi connectivity index (χ4v) is 2.61. The molecule has 9 nitrogen and oxygen atoms in total. The molecule has 0 bridgehead atoms. The van der Waals surface area contributed by atoms with Crippen LogP contribution >= 0.6 is 0 Å². The third kappa shape index (κ3) is 5.16. The van der Waals surface area contributed by atoms with E-state index in [4.69, 9.17) is 9.84 Å². The topological polar surface area (TPSA) is 130 Å². The Labute approximate surface area is 171 Å². The Hall–Kier alpha value is -4.27. The summed E-state index contributed by atoms with van der Waals surface area (Å²) in [5, 5.41) is 32.2. The molecule has 152 valence electrons. The number of carboxylic acid groups (broad SMARTS) is 1. The van der Waals surface area contributed by atoms with Gasteiger partial charge in [-0.05, 0) is 34.8 Å². The monoisotopic (exact) mass is 407 g/mol. The van der Waals surface area contributed by atoms with Gasteiger partial charge in [0.15, 0.2) is 0 Å². The number of benzene rings is 2. The number of nitrogens with zero attached hydrogens (tertiary/aromatic N) is 3. The summed E-state index contributed by atoms with van der Waals surface area (Å²) >= 11 is 0. The van der Waals surface area contributed by atoms with Crippen molar-refractivity contribution in [2.24, 2.45) is 0 Å². The van der Waals surface area contributed by atoms with Gasteiger partial charge in [0.05, 0.1) is 23.5 Å². The maximum atomic E-state index is 12.7. The van der Waals surface area contributed by atoms with Gasteiger partial charge in [-0.3, -0.25) is 14.9 Å². The molecule has 0 aliphatic carbocycles. The molecular formula is C21H17N3O6. The molecule has 0 aliphatic heterocycles. The van der Waals surface area contributed by atoms with Crippen molar-refractivity contribution < 1.29 is 24.3 Å². The second-order valence-electron chi connectivity index (χ2n) is 6.19. The van der Waals surface area contributed by atoms with Gasteiger partial charge in [0, 0.05) is 18.2 Å². The Bertz CT molecular complexity index is 1100. The van der Waals surface area contributed by atoms with E-state index < -0.39 is 10.9 Å². The Morgan fingerprint density at radius 1 is 1.17 bits per heavy atom. The molecule has 0 radical (unpaired) electrons. The van der Waals surface area contributed by atoms with Gasteiger partial charge >= 0.3 is 11.8 Å². The van der Waals surface area contributed by atoms with Crippen LogP contribution in [0.5, 0.6) is 5.75 Å². The van der Waals surface area contributed by atoms with Crippen molar-refractivity contribution in [3.05, 3.63) is 87.4 Å². The summed E-state index contributed by atoms with van der Waals surface area (Å²) in [5.41, 5.74) is 1.33. The minimum Gasteiger partial charge on any atom is -0.710 e. The summed E-state index contributed by atoms with van der Waals surface area (Å²) in [7, 11) is 0. The van der Waals surface area contributed by atoms with Gasteiger partial charge in [-0.2, -0.15) is 0 Å². The molecular weight excluding hydrogens is 390 g/mol. The highest BCUT2D eigenvalue weighted by molar-refractivity contribution is 5.68. The molecule has 9 heteroatoms. The average molecular weight is 407 g/mol. The molecule has 2 aromatic carbocycles.